The molecule has 1 heterocycles. The number of benzene rings is 1. The monoisotopic (exact) mass is 295 g/mol. The smallest absolute Gasteiger partial charge is 0.142 e. The number of nitrogens with one attached hydrogen (secondary N) is 1. The molecule has 1 N–H and O–H groups in total. The summed E-state index contributed by atoms with van der Waals surface area (Å²) in [5.74, 6) is -0.388. The molecule has 5 heteroatoms. The zero-order chi connectivity index (χ0) is 14.7. The Morgan fingerprint density at radius 2 is 2.10 bits per heavy atom. The highest BCUT2D eigenvalue weighted by Gasteiger charge is 2.13. The Morgan fingerprint density at radius 3 is 2.80 bits per heavy atom. The quantitative estimate of drug-likeness (QED) is 0.918. The van der Waals surface area contributed by atoms with Crippen molar-refractivity contribution in [2.75, 3.05) is 13.6 Å². The molecule has 0 fully saturated rings. The van der Waals surface area contributed by atoms with Crippen LogP contribution < -0.4 is 5.32 Å². The molecular formula is C15H19ClFN3. The van der Waals surface area contributed by atoms with Crippen molar-refractivity contribution >= 4 is 11.6 Å². The molecule has 3 nitrogen and oxygen atoms in total. The van der Waals surface area contributed by atoms with Gasteiger partial charge in [0.2, 0.25) is 0 Å². The second-order valence-electron chi connectivity index (χ2n) is 4.87. The van der Waals surface area contributed by atoms with E-state index in [0.717, 1.165) is 29.9 Å². The standard InChI is InChI=1S/C15H19ClFN3/c1-10-13(7-8-18-3)11(2)20(19-10)9-12-5-4-6-14(17)15(12)16/h4-6,18H,7-9H2,1-3H3. The Hall–Kier alpha value is -1.39. The predicted molar refractivity (Wildman–Crippen MR) is 79.8 cm³/mol. The molecule has 108 valence electrons. The van der Waals surface area contributed by atoms with Crippen LogP contribution in [0.4, 0.5) is 4.39 Å². The first-order valence-corrected chi connectivity index (χ1v) is 7.02. The fourth-order valence-corrected chi connectivity index (χ4v) is 2.52. The van der Waals surface area contributed by atoms with Crippen molar-refractivity contribution in [2.45, 2.75) is 26.8 Å². The summed E-state index contributed by atoms with van der Waals surface area (Å²) in [5, 5.41) is 7.85. The largest absolute Gasteiger partial charge is 0.319 e. The normalized spacial score (nSPS) is 11.1. The molecular weight excluding hydrogens is 277 g/mol. The number of nitrogens with zero attached hydrogens (tertiary/aromatic N) is 2. The minimum Gasteiger partial charge on any atom is -0.319 e. The lowest BCUT2D eigenvalue weighted by Crippen LogP contribution is -2.11. The van der Waals surface area contributed by atoms with E-state index in [4.69, 9.17) is 11.6 Å². The van der Waals surface area contributed by atoms with Crippen LogP contribution in [-0.2, 0) is 13.0 Å². The van der Waals surface area contributed by atoms with Gasteiger partial charge in [0, 0.05) is 5.69 Å². The Kier molecular flexibility index (Phi) is 4.78. The highest BCUT2D eigenvalue weighted by atomic mass is 35.5. The van der Waals surface area contributed by atoms with Crippen LogP contribution in [0.1, 0.15) is 22.5 Å². The van der Waals surface area contributed by atoms with E-state index in [0.29, 0.717) is 6.54 Å². The van der Waals surface area contributed by atoms with Crippen molar-refractivity contribution in [1.29, 1.82) is 0 Å². The van der Waals surface area contributed by atoms with Gasteiger partial charge in [0.15, 0.2) is 0 Å². The Morgan fingerprint density at radius 1 is 1.35 bits per heavy atom. The van der Waals surface area contributed by atoms with Gasteiger partial charge in [-0.05, 0) is 51.1 Å². The van der Waals surface area contributed by atoms with Crippen LogP contribution in [0.25, 0.3) is 0 Å². The second kappa shape index (κ2) is 6.37. The van der Waals surface area contributed by atoms with E-state index in [1.54, 1.807) is 6.07 Å². The van der Waals surface area contributed by atoms with Crippen LogP contribution >= 0.6 is 11.6 Å². The van der Waals surface area contributed by atoms with Gasteiger partial charge in [-0.2, -0.15) is 5.10 Å². The highest BCUT2D eigenvalue weighted by molar-refractivity contribution is 6.31. The van der Waals surface area contributed by atoms with E-state index in [9.17, 15) is 4.39 Å². The third kappa shape index (κ3) is 3.02. The van der Waals surface area contributed by atoms with Gasteiger partial charge in [0.1, 0.15) is 5.82 Å². The SMILES string of the molecule is CNCCc1c(C)nn(Cc2cccc(F)c2Cl)c1C. The predicted octanol–water partition coefficient (Wildman–Crippen LogP) is 3.10. The topological polar surface area (TPSA) is 29.9 Å². The lowest BCUT2D eigenvalue weighted by Gasteiger charge is -2.08. The molecule has 0 aliphatic carbocycles. The maximum Gasteiger partial charge on any atom is 0.142 e. The molecule has 0 amide bonds. The molecule has 0 aliphatic rings. The van der Waals surface area contributed by atoms with Gasteiger partial charge in [-0.25, -0.2) is 4.39 Å². The summed E-state index contributed by atoms with van der Waals surface area (Å²) >= 11 is 6.00. The second-order valence-corrected chi connectivity index (χ2v) is 5.25. The minimum absolute atomic E-state index is 0.178. The van der Waals surface area contributed by atoms with Crippen LogP contribution in [0.3, 0.4) is 0 Å². The van der Waals surface area contributed by atoms with Crippen molar-refractivity contribution in [3.63, 3.8) is 0 Å². The fourth-order valence-electron chi connectivity index (χ4n) is 2.33. The summed E-state index contributed by atoms with van der Waals surface area (Å²) in [7, 11) is 1.93. The van der Waals surface area contributed by atoms with Crippen molar-refractivity contribution in [1.82, 2.24) is 15.1 Å². The summed E-state index contributed by atoms with van der Waals surface area (Å²) in [6, 6.07) is 4.87. The lowest BCUT2D eigenvalue weighted by atomic mass is 10.1. The van der Waals surface area contributed by atoms with Crippen molar-refractivity contribution in [3.8, 4) is 0 Å². The highest BCUT2D eigenvalue weighted by Crippen LogP contribution is 2.22. The van der Waals surface area contributed by atoms with Crippen molar-refractivity contribution < 1.29 is 4.39 Å². The minimum atomic E-state index is -0.388. The van der Waals surface area contributed by atoms with Gasteiger partial charge in [-0.15, -0.1) is 0 Å². The van der Waals surface area contributed by atoms with E-state index in [-0.39, 0.29) is 10.8 Å². The summed E-state index contributed by atoms with van der Waals surface area (Å²) in [5.41, 5.74) is 4.12. The van der Waals surface area contributed by atoms with Gasteiger partial charge >= 0.3 is 0 Å². The number of hydrogen-bond acceptors (Lipinski definition) is 2. The van der Waals surface area contributed by atoms with E-state index in [1.165, 1.54) is 11.6 Å². The van der Waals surface area contributed by atoms with Crippen LogP contribution in [0.2, 0.25) is 5.02 Å². The summed E-state index contributed by atoms with van der Waals surface area (Å²) in [6.45, 7) is 5.44. The summed E-state index contributed by atoms with van der Waals surface area (Å²) in [4.78, 5) is 0. The first kappa shape index (κ1) is 15.0. The van der Waals surface area contributed by atoms with Gasteiger partial charge in [-0.3, -0.25) is 4.68 Å². The number of likely N-dealkylation sites (N-methyl/N-ethyl adjacent to an activating group) is 1. The molecule has 20 heavy (non-hydrogen) atoms. The first-order chi connectivity index (χ1) is 9.54. The Labute approximate surface area is 123 Å². The van der Waals surface area contributed by atoms with Crippen LogP contribution in [0.5, 0.6) is 0 Å². The first-order valence-electron chi connectivity index (χ1n) is 6.65. The van der Waals surface area contributed by atoms with E-state index in [2.05, 4.69) is 10.4 Å². The average molecular weight is 296 g/mol. The van der Waals surface area contributed by atoms with Gasteiger partial charge in [0.25, 0.3) is 0 Å². The van der Waals surface area contributed by atoms with E-state index < -0.39 is 0 Å². The molecule has 0 saturated carbocycles. The van der Waals surface area contributed by atoms with Crippen molar-refractivity contribution in [2.24, 2.45) is 0 Å². The zero-order valence-corrected chi connectivity index (χ0v) is 12.8. The molecule has 0 atom stereocenters. The molecule has 1 aromatic carbocycles. The third-order valence-electron chi connectivity index (χ3n) is 3.51. The average Bonchev–Trinajstić information content (AvgIpc) is 2.68. The maximum absolute atomic E-state index is 13.5. The summed E-state index contributed by atoms with van der Waals surface area (Å²) < 4.78 is 15.4. The molecule has 0 bridgehead atoms. The fraction of sp³-hybridized carbons (Fsp3) is 0.400. The third-order valence-corrected chi connectivity index (χ3v) is 3.93. The molecule has 2 aromatic rings. The Bertz CT molecular complexity index is 607. The molecule has 0 unspecified atom stereocenters. The molecule has 1 aromatic heterocycles. The van der Waals surface area contributed by atoms with Crippen LogP contribution in [-0.4, -0.2) is 23.4 Å². The number of aryl methyl sites for hydroxylation is 1. The molecule has 2 rings (SSSR count). The molecule has 0 spiro atoms. The van der Waals surface area contributed by atoms with Crippen LogP contribution in [0.15, 0.2) is 18.2 Å². The Balaban J connectivity index is 2.28. The van der Waals surface area contributed by atoms with Gasteiger partial charge < -0.3 is 5.32 Å². The van der Waals surface area contributed by atoms with Crippen molar-refractivity contribution in [3.05, 3.63) is 51.6 Å². The number of aromatic nitrogens is 2. The van der Waals surface area contributed by atoms with Gasteiger partial charge in [0.05, 0.1) is 17.3 Å². The molecule has 0 radical (unpaired) electrons. The van der Waals surface area contributed by atoms with Crippen LogP contribution in [0, 0.1) is 19.7 Å². The lowest BCUT2D eigenvalue weighted by molar-refractivity contribution is 0.616. The van der Waals surface area contributed by atoms with E-state index >= 15 is 0 Å². The molecule has 0 saturated heterocycles. The zero-order valence-electron chi connectivity index (χ0n) is 12.0. The summed E-state index contributed by atoms with van der Waals surface area (Å²) in [6.07, 6.45) is 0.936. The maximum atomic E-state index is 13.5. The number of rotatable bonds is 5. The molecule has 0 aliphatic heterocycles. The number of halogens is 2. The van der Waals surface area contributed by atoms with E-state index in [1.807, 2.05) is 31.6 Å². The number of hydrogen-bond donors (Lipinski definition) is 1. The van der Waals surface area contributed by atoms with Gasteiger partial charge in [-0.1, -0.05) is 23.7 Å².